The van der Waals surface area contributed by atoms with Crippen LogP contribution in [0.5, 0.6) is 0 Å². The quantitative estimate of drug-likeness (QED) is 0.807. The first-order chi connectivity index (χ1) is 7.13. The lowest BCUT2D eigenvalue weighted by Gasteiger charge is -2.25. The third kappa shape index (κ3) is 3.97. The molecule has 0 aromatic carbocycles. The second-order valence-corrected chi connectivity index (χ2v) is 4.41. The number of thiazole rings is 1. The summed E-state index contributed by atoms with van der Waals surface area (Å²) in [6.45, 7) is 5.55. The Morgan fingerprint density at radius 3 is 2.93 bits per heavy atom. The summed E-state index contributed by atoms with van der Waals surface area (Å²) in [6, 6.07) is 0.0522. The van der Waals surface area contributed by atoms with E-state index in [1.54, 1.807) is 17.5 Å². The molecule has 1 aromatic heterocycles. The third-order valence-electron chi connectivity index (χ3n) is 2.32. The first kappa shape index (κ1) is 12.1. The Bertz CT molecular complexity index is 300. The summed E-state index contributed by atoms with van der Waals surface area (Å²) in [4.78, 5) is 16.9. The number of rotatable bonds is 6. The fourth-order valence-corrected chi connectivity index (χ4v) is 2.11. The van der Waals surface area contributed by atoms with Gasteiger partial charge in [-0.2, -0.15) is 0 Å². The van der Waals surface area contributed by atoms with Gasteiger partial charge in [-0.1, -0.05) is 6.92 Å². The van der Waals surface area contributed by atoms with Gasteiger partial charge in [-0.05, 0) is 13.5 Å². The molecule has 0 saturated carbocycles. The van der Waals surface area contributed by atoms with Gasteiger partial charge in [-0.15, -0.1) is 11.3 Å². The largest absolute Gasteiger partial charge is 0.481 e. The minimum Gasteiger partial charge on any atom is -0.481 e. The lowest BCUT2D eigenvalue weighted by Crippen LogP contribution is -2.34. The molecule has 1 N–H and O–H groups in total. The predicted octanol–water partition coefficient (Wildman–Crippen LogP) is 1.83. The van der Waals surface area contributed by atoms with Crippen LogP contribution in [0, 0.1) is 0 Å². The van der Waals surface area contributed by atoms with Gasteiger partial charge in [-0.3, -0.25) is 9.69 Å². The summed E-state index contributed by atoms with van der Waals surface area (Å²) in [5.74, 6) is -0.750. The average molecular weight is 228 g/mol. The van der Waals surface area contributed by atoms with Crippen molar-refractivity contribution < 1.29 is 9.90 Å². The number of carboxylic acids is 1. The summed E-state index contributed by atoms with van der Waals surface area (Å²) in [5.41, 5.74) is 0. The van der Waals surface area contributed by atoms with Gasteiger partial charge in [0.1, 0.15) is 5.01 Å². The lowest BCUT2D eigenvalue weighted by atomic mass is 10.2. The molecule has 1 heterocycles. The Morgan fingerprint density at radius 2 is 2.47 bits per heavy atom. The number of aromatic nitrogens is 1. The first-order valence-corrected chi connectivity index (χ1v) is 5.85. The zero-order chi connectivity index (χ0) is 11.3. The van der Waals surface area contributed by atoms with Crippen molar-refractivity contribution in [3.05, 3.63) is 16.6 Å². The number of hydrogen-bond donors (Lipinski definition) is 1. The highest BCUT2D eigenvalue weighted by Crippen LogP contribution is 2.12. The van der Waals surface area contributed by atoms with Crippen molar-refractivity contribution in [3.63, 3.8) is 0 Å². The van der Waals surface area contributed by atoms with E-state index in [2.05, 4.69) is 9.88 Å². The number of hydrogen-bond acceptors (Lipinski definition) is 4. The Morgan fingerprint density at radius 1 is 1.73 bits per heavy atom. The zero-order valence-corrected chi connectivity index (χ0v) is 9.83. The Kier molecular flexibility index (Phi) is 4.71. The monoisotopic (exact) mass is 228 g/mol. The molecule has 15 heavy (non-hydrogen) atoms. The second kappa shape index (κ2) is 5.82. The third-order valence-corrected chi connectivity index (χ3v) is 3.09. The number of aliphatic carboxylic acids is 1. The molecule has 0 bridgehead atoms. The fraction of sp³-hybridized carbons (Fsp3) is 0.600. The molecule has 0 saturated heterocycles. The predicted molar refractivity (Wildman–Crippen MR) is 59.9 cm³/mol. The normalized spacial score (nSPS) is 13.0. The zero-order valence-electron chi connectivity index (χ0n) is 9.01. The van der Waals surface area contributed by atoms with Crippen LogP contribution in [-0.2, 0) is 11.3 Å². The van der Waals surface area contributed by atoms with Gasteiger partial charge >= 0.3 is 5.97 Å². The van der Waals surface area contributed by atoms with Crippen LogP contribution in [-0.4, -0.2) is 33.5 Å². The van der Waals surface area contributed by atoms with Crippen LogP contribution in [0.3, 0.4) is 0 Å². The van der Waals surface area contributed by atoms with E-state index in [0.29, 0.717) is 0 Å². The molecule has 0 aliphatic rings. The van der Waals surface area contributed by atoms with Crippen molar-refractivity contribution in [1.29, 1.82) is 0 Å². The lowest BCUT2D eigenvalue weighted by molar-refractivity contribution is -0.138. The molecule has 1 rings (SSSR count). The van der Waals surface area contributed by atoms with Gasteiger partial charge in [0.2, 0.25) is 0 Å². The summed E-state index contributed by atoms with van der Waals surface area (Å²) < 4.78 is 0. The Hall–Kier alpha value is -0.940. The van der Waals surface area contributed by atoms with E-state index in [0.717, 1.165) is 18.1 Å². The van der Waals surface area contributed by atoms with Gasteiger partial charge in [0.15, 0.2) is 0 Å². The maximum Gasteiger partial charge on any atom is 0.304 e. The molecule has 84 valence electrons. The summed E-state index contributed by atoms with van der Waals surface area (Å²) in [5, 5.41) is 11.7. The molecule has 0 aliphatic heterocycles. The molecule has 5 heteroatoms. The molecule has 0 fully saturated rings. The maximum absolute atomic E-state index is 10.6. The van der Waals surface area contributed by atoms with E-state index in [1.165, 1.54) is 0 Å². The van der Waals surface area contributed by atoms with Crippen molar-refractivity contribution >= 4 is 17.3 Å². The molecular weight excluding hydrogens is 212 g/mol. The van der Waals surface area contributed by atoms with Gasteiger partial charge < -0.3 is 5.11 Å². The van der Waals surface area contributed by atoms with E-state index >= 15 is 0 Å². The minimum absolute atomic E-state index is 0.0522. The molecular formula is C10H16N2O2S. The maximum atomic E-state index is 10.6. The molecule has 4 nitrogen and oxygen atoms in total. The van der Waals surface area contributed by atoms with Gasteiger partial charge in [0.25, 0.3) is 0 Å². The minimum atomic E-state index is -0.750. The van der Waals surface area contributed by atoms with E-state index in [9.17, 15) is 4.79 Å². The van der Waals surface area contributed by atoms with Crippen LogP contribution in [0.25, 0.3) is 0 Å². The topological polar surface area (TPSA) is 53.4 Å². The van der Waals surface area contributed by atoms with Crippen molar-refractivity contribution in [2.45, 2.75) is 32.9 Å². The molecule has 0 spiro atoms. The van der Waals surface area contributed by atoms with E-state index in [-0.39, 0.29) is 12.5 Å². The van der Waals surface area contributed by atoms with Crippen molar-refractivity contribution in [1.82, 2.24) is 9.88 Å². The average Bonchev–Trinajstić information content (AvgIpc) is 2.65. The van der Waals surface area contributed by atoms with Crippen LogP contribution in [0.4, 0.5) is 0 Å². The highest BCUT2D eigenvalue weighted by atomic mass is 32.1. The second-order valence-electron chi connectivity index (χ2n) is 3.44. The van der Waals surface area contributed by atoms with Crippen LogP contribution in [0.2, 0.25) is 0 Å². The molecule has 0 radical (unpaired) electrons. The van der Waals surface area contributed by atoms with E-state index in [1.807, 2.05) is 19.2 Å². The van der Waals surface area contributed by atoms with Crippen LogP contribution >= 0.6 is 11.3 Å². The molecule has 0 aliphatic carbocycles. The van der Waals surface area contributed by atoms with E-state index in [4.69, 9.17) is 5.11 Å². The molecule has 1 unspecified atom stereocenters. The standard InChI is InChI=1S/C10H16N2O2S/c1-3-12(8(2)6-10(13)14)7-9-11-4-5-15-9/h4-5,8H,3,6-7H2,1-2H3,(H,13,14). The van der Waals surface area contributed by atoms with Crippen LogP contribution in [0.15, 0.2) is 11.6 Å². The highest BCUT2D eigenvalue weighted by molar-refractivity contribution is 7.09. The van der Waals surface area contributed by atoms with E-state index < -0.39 is 5.97 Å². The SMILES string of the molecule is CCN(Cc1nccs1)C(C)CC(=O)O. The fourth-order valence-electron chi connectivity index (χ4n) is 1.47. The van der Waals surface area contributed by atoms with Crippen molar-refractivity contribution in [2.75, 3.05) is 6.54 Å². The molecule has 1 atom stereocenters. The van der Waals surface area contributed by atoms with Crippen LogP contribution < -0.4 is 0 Å². The van der Waals surface area contributed by atoms with Crippen molar-refractivity contribution in [3.8, 4) is 0 Å². The smallest absolute Gasteiger partial charge is 0.304 e. The molecule has 1 aromatic rings. The van der Waals surface area contributed by atoms with Gasteiger partial charge in [0.05, 0.1) is 13.0 Å². The summed E-state index contributed by atoms with van der Waals surface area (Å²) in [6.07, 6.45) is 1.95. The first-order valence-electron chi connectivity index (χ1n) is 4.97. The summed E-state index contributed by atoms with van der Waals surface area (Å²) >= 11 is 1.60. The van der Waals surface area contributed by atoms with Crippen molar-refractivity contribution in [2.24, 2.45) is 0 Å². The van der Waals surface area contributed by atoms with Crippen LogP contribution in [0.1, 0.15) is 25.3 Å². The highest BCUT2D eigenvalue weighted by Gasteiger charge is 2.16. The van der Waals surface area contributed by atoms with Gasteiger partial charge in [-0.25, -0.2) is 4.98 Å². The summed E-state index contributed by atoms with van der Waals surface area (Å²) in [7, 11) is 0. The Balaban J connectivity index is 2.51. The number of nitrogens with zero attached hydrogens (tertiary/aromatic N) is 2. The Labute approximate surface area is 93.6 Å². The molecule has 0 amide bonds. The van der Waals surface area contributed by atoms with Gasteiger partial charge in [0, 0.05) is 17.6 Å². The number of carboxylic acid groups (broad SMARTS) is 1. The number of carbonyl (C=O) groups is 1.